The fourth-order valence-electron chi connectivity index (χ4n) is 2.00. The number of nitrogens with two attached hydrogens (primary N) is 1. The van der Waals surface area contributed by atoms with Crippen LogP contribution in [0.25, 0.3) is 11.4 Å². The average Bonchev–Trinajstić information content (AvgIpc) is 2.39. The Labute approximate surface area is 114 Å². The van der Waals surface area contributed by atoms with Crippen molar-refractivity contribution in [2.45, 2.75) is 39.2 Å². The van der Waals surface area contributed by atoms with Gasteiger partial charge in [-0.1, -0.05) is 38.1 Å². The van der Waals surface area contributed by atoms with Crippen molar-refractivity contribution in [1.29, 1.82) is 0 Å². The Kier molecular flexibility index (Phi) is 4.27. The van der Waals surface area contributed by atoms with Gasteiger partial charge in [0.1, 0.15) is 0 Å². The van der Waals surface area contributed by atoms with E-state index < -0.39 is 0 Å². The maximum atomic E-state index is 5.76. The third-order valence-corrected chi connectivity index (χ3v) is 3.10. The first-order valence-corrected chi connectivity index (χ1v) is 6.73. The lowest BCUT2D eigenvalue weighted by Crippen LogP contribution is -2.18. The second-order valence-corrected chi connectivity index (χ2v) is 5.37. The minimum atomic E-state index is 0.139. The zero-order valence-corrected chi connectivity index (χ0v) is 11.8. The van der Waals surface area contributed by atoms with Crippen molar-refractivity contribution in [3.05, 3.63) is 47.8 Å². The number of rotatable bonds is 4. The lowest BCUT2D eigenvalue weighted by atomic mass is 10.0. The van der Waals surface area contributed by atoms with E-state index in [1.165, 1.54) is 5.56 Å². The molecule has 1 aromatic carbocycles. The predicted octanol–water partition coefficient (Wildman–Crippen LogP) is 3.16. The lowest BCUT2D eigenvalue weighted by molar-refractivity contribution is 0.732. The number of benzene rings is 1. The topological polar surface area (TPSA) is 51.8 Å². The summed E-state index contributed by atoms with van der Waals surface area (Å²) in [7, 11) is 0. The first kappa shape index (κ1) is 13.7. The second-order valence-electron chi connectivity index (χ2n) is 5.37. The Morgan fingerprint density at radius 2 is 1.58 bits per heavy atom. The molecular formula is C16H21N3. The van der Waals surface area contributed by atoms with Gasteiger partial charge in [-0.25, -0.2) is 9.97 Å². The Bertz CT molecular complexity index is 513. The molecule has 1 aromatic heterocycles. The van der Waals surface area contributed by atoms with Gasteiger partial charge in [0.15, 0.2) is 5.82 Å². The molecule has 2 rings (SSSR count). The summed E-state index contributed by atoms with van der Waals surface area (Å²) >= 11 is 0. The normalized spacial score (nSPS) is 12.7. The van der Waals surface area contributed by atoms with Crippen LogP contribution in [-0.2, 0) is 6.42 Å². The molecule has 1 atom stereocenters. The number of hydrogen-bond donors (Lipinski definition) is 1. The van der Waals surface area contributed by atoms with Crippen LogP contribution in [0.15, 0.2) is 36.7 Å². The molecule has 0 aliphatic carbocycles. The van der Waals surface area contributed by atoms with Crippen LogP contribution in [0.2, 0.25) is 0 Å². The summed E-state index contributed by atoms with van der Waals surface area (Å²) in [5, 5.41) is 0. The van der Waals surface area contributed by atoms with E-state index in [0.717, 1.165) is 23.4 Å². The minimum absolute atomic E-state index is 0.139. The predicted molar refractivity (Wildman–Crippen MR) is 78.9 cm³/mol. The molecular weight excluding hydrogens is 234 g/mol. The summed E-state index contributed by atoms with van der Waals surface area (Å²) in [4.78, 5) is 8.82. The maximum Gasteiger partial charge on any atom is 0.159 e. The fourth-order valence-corrected chi connectivity index (χ4v) is 2.00. The molecule has 1 unspecified atom stereocenters. The van der Waals surface area contributed by atoms with E-state index in [1.807, 2.05) is 19.3 Å². The molecule has 2 N–H and O–H groups in total. The molecule has 3 nitrogen and oxygen atoms in total. The number of aromatic nitrogens is 2. The van der Waals surface area contributed by atoms with Gasteiger partial charge < -0.3 is 5.73 Å². The van der Waals surface area contributed by atoms with Gasteiger partial charge in [-0.3, -0.25) is 0 Å². The number of hydrogen-bond acceptors (Lipinski definition) is 3. The van der Waals surface area contributed by atoms with E-state index >= 15 is 0 Å². The first-order chi connectivity index (χ1) is 9.06. The van der Waals surface area contributed by atoms with Gasteiger partial charge in [0.25, 0.3) is 0 Å². The van der Waals surface area contributed by atoms with Crippen molar-refractivity contribution in [3.8, 4) is 11.4 Å². The molecule has 1 heterocycles. The first-order valence-electron chi connectivity index (χ1n) is 6.73. The van der Waals surface area contributed by atoms with Crippen LogP contribution in [0, 0.1) is 0 Å². The third-order valence-electron chi connectivity index (χ3n) is 3.10. The van der Waals surface area contributed by atoms with Crippen LogP contribution in [0.1, 0.15) is 37.8 Å². The summed E-state index contributed by atoms with van der Waals surface area (Å²) in [5.41, 5.74) is 9.23. The molecule has 2 aromatic rings. The zero-order valence-electron chi connectivity index (χ0n) is 11.8. The lowest BCUT2D eigenvalue weighted by Gasteiger charge is -2.07. The highest BCUT2D eigenvalue weighted by molar-refractivity contribution is 5.55. The highest BCUT2D eigenvalue weighted by Crippen LogP contribution is 2.19. The molecule has 0 fully saturated rings. The van der Waals surface area contributed by atoms with E-state index in [-0.39, 0.29) is 6.04 Å². The van der Waals surface area contributed by atoms with Gasteiger partial charge in [-0.05, 0) is 30.4 Å². The van der Waals surface area contributed by atoms with Gasteiger partial charge in [0, 0.05) is 24.0 Å². The summed E-state index contributed by atoms with van der Waals surface area (Å²) in [6, 6.07) is 8.57. The standard InChI is InChI=1S/C16H21N3/c1-11(2)14-4-6-15(7-5-14)16-18-9-13(10-19-16)8-12(3)17/h4-7,9-12H,8,17H2,1-3H3. The monoisotopic (exact) mass is 255 g/mol. The van der Waals surface area contributed by atoms with E-state index in [1.54, 1.807) is 0 Å². The van der Waals surface area contributed by atoms with E-state index in [2.05, 4.69) is 48.1 Å². The molecule has 0 spiro atoms. The van der Waals surface area contributed by atoms with Gasteiger partial charge in [0.2, 0.25) is 0 Å². The Morgan fingerprint density at radius 1 is 1.00 bits per heavy atom. The van der Waals surface area contributed by atoms with Gasteiger partial charge in [0.05, 0.1) is 0 Å². The van der Waals surface area contributed by atoms with Crippen molar-refractivity contribution in [2.24, 2.45) is 5.73 Å². The van der Waals surface area contributed by atoms with Gasteiger partial charge >= 0.3 is 0 Å². The van der Waals surface area contributed by atoms with E-state index in [4.69, 9.17) is 5.73 Å². The quantitative estimate of drug-likeness (QED) is 0.913. The second kappa shape index (κ2) is 5.93. The molecule has 0 aliphatic rings. The Hall–Kier alpha value is -1.74. The molecule has 0 saturated heterocycles. The summed E-state index contributed by atoms with van der Waals surface area (Å²) < 4.78 is 0. The third kappa shape index (κ3) is 3.61. The number of nitrogens with zero attached hydrogens (tertiary/aromatic N) is 2. The van der Waals surface area contributed by atoms with Crippen LogP contribution in [-0.4, -0.2) is 16.0 Å². The molecule has 19 heavy (non-hydrogen) atoms. The van der Waals surface area contributed by atoms with Crippen LogP contribution >= 0.6 is 0 Å². The molecule has 0 amide bonds. The summed E-state index contributed by atoms with van der Waals surface area (Å²) in [5.74, 6) is 1.31. The molecule has 0 saturated carbocycles. The summed E-state index contributed by atoms with van der Waals surface area (Å²) in [6.07, 6.45) is 4.54. The molecule has 0 aliphatic heterocycles. The van der Waals surface area contributed by atoms with Crippen molar-refractivity contribution in [3.63, 3.8) is 0 Å². The Morgan fingerprint density at radius 3 is 2.05 bits per heavy atom. The van der Waals surface area contributed by atoms with Crippen molar-refractivity contribution in [1.82, 2.24) is 9.97 Å². The van der Waals surface area contributed by atoms with Gasteiger partial charge in [-0.15, -0.1) is 0 Å². The molecule has 0 bridgehead atoms. The van der Waals surface area contributed by atoms with Crippen molar-refractivity contribution < 1.29 is 0 Å². The van der Waals surface area contributed by atoms with Crippen molar-refractivity contribution in [2.75, 3.05) is 0 Å². The Balaban J connectivity index is 2.17. The fraction of sp³-hybridized carbons (Fsp3) is 0.375. The summed E-state index contributed by atoms with van der Waals surface area (Å²) in [6.45, 7) is 6.36. The smallest absolute Gasteiger partial charge is 0.159 e. The van der Waals surface area contributed by atoms with E-state index in [0.29, 0.717) is 5.92 Å². The highest BCUT2D eigenvalue weighted by atomic mass is 14.9. The minimum Gasteiger partial charge on any atom is -0.328 e. The van der Waals surface area contributed by atoms with Crippen molar-refractivity contribution >= 4 is 0 Å². The molecule has 100 valence electrons. The highest BCUT2D eigenvalue weighted by Gasteiger charge is 2.04. The SMILES string of the molecule is CC(N)Cc1cnc(-c2ccc(C(C)C)cc2)nc1. The van der Waals surface area contributed by atoms with Gasteiger partial charge in [-0.2, -0.15) is 0 Å². The molecule has 3 heteroatoms. The van der Waals surface area contributed by atoms with Crippen LogP contribution < -0.4 is 5.73 Å². The zero-order chi connectivity index (χ0) is 13.8. The van der Waals surface area contributed by atoms with Crippen LogP contribution in [0.4, 0.5) is 0 Å². The largest absolute Gasteiger partial charge is 0.328 e. The van der Waals surface area contributed by atoms with E-state index in [9.17, 15) is 0 Å². The van der Waals surface area contributed by atoms with Crippen LogP contribution in [0.3, 0.4) is 0 Å². The average molecular weight is 255 g/mol. The maximum absolute atomic E-state index is 5.76. The molecule has 0 radical (unpaired) electrons. The van der Waals surface area contributed by atoms with Crippen LogP contribution in [0.5, 0.6) is 0 Å².